The van der Waals surface area contributed by atoms with Crippen molar-refractivity contribution in [2.24, 2.45) is 16.2 Å². The van der Waals surface area contributed by atoms with E-state index in [0.717, 1.165) is 6.42 Å². The summed E-state index contributed by atoms with van der Waals surface area (Å²) in [5, 5.41) is 9.21. The van der Waals surface area contributed by atoms with Crippen LogP contribution in [0.15, 0.2) is 10.3 Å². The van der Waals surface area contributed by atoms with E-state index in [-0.39, 0.29) is 5.91 Å². The van der Waals surface area contributed by atoms with Crippen molar-refractivity contribution in [3.63, 3.8) is 0 Å². The van der Waals surface area contributed by atoms with Crippen LogP contribution in [0.3, 0.4) is 0 Å². The Morgan fingerprint density at radius 1 is 1.70 bits per heavy atom. The first-order valence-corrected chi connectivity index (χ1v) is 3.08. The Kier molecular flexibility index (Phi) is 5.32. The van der Waals surface area contributed by atoms with Crippen LogP contribution >= 0.6 is 0 Å². The number of rotatable bonds is 4. The van der Waals surface area contributed by atoms with Crippen LogP contribution in [0.25, 0.3) is 0 Å². The first kappa shape index (κ1) is 8.87. The molecule has 5 heteroatoms. The van der Waals surface area contributed by atoms with Crippen molar-refractivity contribution in [2.75, 3.05) is 13.1 Å². The molecule has 58 valence electrons. The van der Waals surface area contributed by atoms with Gasteiger partial charge in [-0.25, -0.2) is 0 Å². The van der Waals surface area contributed by atoms with E-state index in [1.54, 1.807) is 0 Å². The van der Waals surface area contributed by atoms with Gasteiger partial charge in [-0.1, -0.05) is 5.22 Å². The topological polar surface area (TPSA) is 79.8 Å². The van der Waals surface area contributed by atoms with Crippen molar-refractivity contribution in [3.8, 4) is 0 Å². The third-order valence-corrected chi connectivity index (χ3v) is 0.890. The number of nitrogens with zero attached hydrogens (tertiary/aromatic N) is 2. The number of nitrogens with one attached hydrogen (secondary N) is 1. The van der Waals surface area contributed by atoms with E-state index in [4.69, 9.17) is 5.84 Å². The second-order valence-corrected chi connectivity index (χ2v) is 1.82. The van der Waals surface area contributed by atoms with Crippen molar-refractivity contribution in [2.45, 2.75) is 13.3 Å². The fourth-order valence-electron chi connectivity index (χ4n) is 0.472. The monoisotopic (exact) mass is 144 g/mol. The zero-order valence-corrected chi connectivity index (χ0v) is 6.00. The molecule has 10 heavy (non-hydrogen) atoms. The van der Waals surface area contributed by atoms with E-state index in [2.05, 4.69) is 15.7 Å². The number of carbonyl (C=O) groups is 1. The Morgan fingerprint density at radius 2 is 2.40 bits per heavy atom. The molecule has 0 heterocycles. The molecule has 0 saturated heterocycles. The molecule has 0 aliphatic carbocycles. The van der Waals surface area contributed by atoms with Crippen LogP contribution in [0.1, 0.15) is 13.3 Å². The molecule has 0 bridgehead atoms. The summed E-state index contributed by atoms with van der Waals surface area (Å²) in [6.07, 6.45) is 0.778. The van der Waals surface area contributed by atoms with Gasteiger partial charge in [-0.05, 0) is 6.42 Å². The highest BCUT2D eigenvalue weighted by Crippen LogP contribution is 1.77. The third-order valence-electron chi connectivity index (χ3n) is 0.890. The van der Waals surface area contributed by atoms with Gasteiger partial charge in [-0.15, -0.1) is 0 Å². The largest absolute Gasteiger partial charge is 0.356 e. The van der Waals surface area contributed by atoms with Gasteiger partial charge in [0, 0.05) is 13.5 Å². The van der Waals surface area contributed by atoms with E-state index < -0.39 is 0 Å². The smallest absolute Gasteiger partial charge is 0.216 e. The summed E-state index contributed by atoms with van der Waals surface area (Å²) < 4.78 is 0. The van der Waals surface area contributed by atoms with Crippen LogP contribution in [0.4, 0.5) is 0 Å². The van der Waals surface area contributed by atoms with Crippen molar-refractivity contribution in [3.05, 3.63) is 0 Å². The SMILES string of the molecule is CC(=O)NCCCN=NN. The third kappa shape index (κ3) is 6.87. The van der Waals surface area contributed by atoms with Gasteiger partial charge in [-0.3, -0.25) is 4.79 Å². The van der Waals surface area contributed by atoms with E-state index in [1.807, 2.05) is 0 Å². The summed E-state index contributed by atoms with van der Waals surface area (Å²) >= 11 is 0. The minimum atomic E-state index is -0.0234. The number of nitrogens with two attached hydrogens (primary N) is 1. The molecular formula is C5H12N4O. The molecule has 0 aliphatic rings. The quantitative estimate of drug-likeness (QED) is 0.249. The van der Waals surface area contributed by atoms with Crippen LogP contribution in [0, 0.1) is 0 Å². The predicted octanol–water partition coefficient (Wildman–Crippen LogP) is -0.162. The Labute approximate surface area is 59.7 Å². The van der Waals surface area contributed by atoms with Crippen LogP contribution < -0.4 is 11.2 Å². The summed E-state index contributed by atoms with van der Waals surface area (Å²) in [5.41, 5.74) is 0. The molecule has 0 unspecified atom stereocenters. The second-order valence-electron chi connectivity index (χ2n) is 1.82. The lowest BCUT2D eigenvalue weighted by Crippen LogP contribution is -2.21. The number of carbonyl (C=O) groups excluding carboxylic acids is 1. The fraction of sp³-hybridized carbons (Fsp3) is 0.800. The summed E-state index contributed by atoms with van der Waals surface area (Å²) in [4.78, 5) is 10.3. The summed E-state index contributed by atoms with van der Waals surface area (Å²) in [6.45, 7) is 2.68. The Hall–Kier alpha value is -1.13. The normalized spacial score (nSPS) is 10.1. The molecule has 5 nitrogen and oxygen atoms in total. The lowest BCUT2D eigenvalue weighted by molar-refractivity contribution is -0.118. The minimum absolute atomic E-state index is 0.0234. The maximum absolute atomic E-state index is 10.3. The maximum Gasteiger partial charge on any atom is 0.216 e. The molecular weight excluding hydrogens is 132 g/mol. The highest BCUT2D eigenvalue weighted by Gasteiger charge is 1.88. The lowest BCUT2D eigenvalue weighted by atomic mass is 10.4. The number of hydrogen-bond acceptors (Lipinski definition) is 3. The molecule has 0 aromatic rings. The van der Waals surface area contributed by atoms with Crippen molar-refractivity contribution >= 4 is 5.91 Å². The first-order chi connectivity index (χ1) is 4.77. The highest BCUT2D eigenvalue weighted by atomic mass is 16.1. The van der Waals surface area contributed by atoms with Crippen molar-refractivity contribution in [1.29, 1.82) is 0 Å². The van der Waals surface area contributed by atoms with E-state index >= 15 is 0 Å². The van der Waals surface area contributed by atoms with Crippen LogP contribution in [-0.2, 0) is 4.79 Å². The summed E-state index contributed by atoms with van der Waals surface area (Å²) in [5.74, 6) is 4.72. The summed E-state index contributed by atoms with van der Waals surface area (Å²) in [7, 11) is 0. The average Bonchev–Trinajstić information content (AvgIpc) is 1.87. The van der Waals surface area contributed by atoms with E-state index in [1.165, 1.54) is 6.92 Å². The highest BCUT2D eigenvalue weighted by molar-refractivity contribution is 5.72. The zero-order valence-electron chi connectivity index (χ0n) is 6.00. The van der Waals surface area contributed by atoms with Gasteiger partial charge in [0.2, 0.25) is 5.91 Å². The van der Waals surface area contributed by atoms with Gasteiger partial charge in [0.25, 0.3) is 0 Å². The zero-order chi connectivity index (χ0) is 7.82. The number of amides is 1. The first-order valence-electron chi connectivity index (χ1n) is 3.08. The van der Waals surface area contributed by atoms with Gasteiger partial charge in [0.15, 0.2) is 0 Å². The molecule has 1 amide bonds. The molecule has 0 radical (unpaired) electrons. The van der Waals surface area contributed by atoms with Gasteiger partial charge >= 0.3 is 0 Å². The van der Waals surface area contributed by atoms with Crippen molar-refractivity contribution in [1.82, 2.24) is 5.32 Å². The standard InChI is InChI=1S/C5H12N4O/c1-5(10)7-3-2-4-8-9-6/h2-4H2,1H3,(H2,6,8)(H,7,10). The number of hydrogen-bond donors (Lipinski definition) is 2. The van der Waals surface area contributed by atoms with Gasteiger partial charge < -0.3 is 11.2 Å². The van der Waals surface area contributed by atoms with E-state index in [9.17, 15) is 4.79 Å². The second kappa shape index (κ2) is 6.00. The molecule has 0 rings (SSSR count). The molecule has 3 N–H and O–H groups in total. The molecule has 0 spiro atoms. The fourth-order valence-corrected chi connectivity index (χ4v) is 0.472. The molecule has 0 saturated carbocycles. The van der Waals surface area contributed by atoms with Gasteiger partial charge in [0.05, 0.1) is 6.54 Å². The Morgan fingerprint density at radius 3 is 2.90 bits per heavy atom. The van der Waals surface area contributed by atoms with Gasteiger partial charge in [0.1, 0.15) is 0 Å². The van der Waals surface area contributed by atoms with Crippen molar-refractivity contribution < 1.29 is 4.79 Å². The van der Waals surface area contributed by atoms with Gasteiger partial charge in [-0.2, -0.15) is 5.11 Å². The van der Waals surface area contributed by atoms with Crippen LogP contribution in [0.5, 0.6) is 0 Å². The summed E-state index contributed by atoms with van der Waals surface area (Å²) in [6, 6.07) is 0. The molecule has 0 aromatic carbocycles. The van der Waals surface area contributed by atoms with Crippen LogP contribution in [-0.4, -0.2) is 19.0 Å². The Balaban J connectivity index is 2.98. The minimum Gasteiger partial charge on any atom is -0.356 e. The maximum atomic E-state index is 10.3. The molecule has 0 atom stereocenters. The predicted molar refractivity (Wildman–Crippen MR) is 37.2 cm³/mol. The molecule has 0 aliphatic heterocycles. The Bertz CT molecular complexity index is 123. The average molecular weight is 144 g/mol. The van der Waals surface area contributed by atoms with E-state index in [0.29, 0.717) is 13.1 Å². The van der Waals surface area contributed by atoms with Crippen LogP contribution in [0.2, 0.25) is 0 Å². The molecule has 0 fully saturated rings. The lowest BCUT2D eigenvalue weighted by Gasteiger charge is -1.96. The molecule has 0 aromatic heterocycles.